The van der Waals surface area contributed by atoms with Crippen LogP contribution in [0.2, 0.25) is 0 Å². The van der Waals surface area contributed by atoms with E-state index in [4.69, 9.17) is 4.74 Å². The molecule has 0 spiro atoms. The maximum Gasteiger partial charge on any atom is 0.247 e. The van der Waals surface area contributed by atoms with E-state index < -0.39 is 23.8 Å². The van der Waals surface area contributed by atoms with Gasteiger partial charge in [-0.25, -0.2) is 8.78 Å². The summed E-state index contributed by atoms with van der Waals surface area (Å²) in [6, 6.07) is 10.8. The number of fused-ring (bicyclic) bond motifs is 3. The van der Waals surface area contributed by atoms with Crippen molar-refractivity contribution in [1.29, 1.82) is 0 Å². The van der Waals surface area contributed by atoms with E-state index >= 15 is 0 Å². The number of anilines is 1. The van der Waals surface area contributed by atoms with Crippen molar-refractivity contribution < 1.29 is 18.3 Å². The number of para-hydroxylation sites is 1. The Balaban J connectivity index is 1.89. The molecule has 0 aliphatic carbocycles. The number of benzene rings is 2. The van der Waals surface area contributed by atoms with Crippen LogP contribution < -0.4 is 9.64 Å². The fourth-order valence-electron chi connectivity index (χ4n) is 3.34. The molecule has 0 unspecified atom stereocenters. The minimum atomic E-state index is -1.26. The van der Waals surface area contributed by atoms with Gasteiger partial charge in [0.2, 0.25) is 23.2 Å². The van der Waals surface area contributed by atoms with Gasteiger partial charge in [-0.05, 0) is 18.6 Å². The lowest BCUT2D eigenvalue weighted by atomic mass is 10.1. The molecule has 1 aliphatic rings. The Kier molecular flexibility index (Phi) is 6.13. The Morgan fingerprint density at radius 1 is 1.16 bits per heavy atom. The summed E-state index contributed by atoms with van der Waals surface area (Å²) in [6.07, 6.45) is 0.758. The van der Waals surface area contributed by atoms with Gasteiger partial charge in [-0.2, -0.15) is 4.98 Å². The van der Waals surface area contributed by atoms with Crippen LogP contribution in [-0.4, -0.2) is 26.8 Å². The van der Waals surface area contributed by atoms with Crippen molar-refractivity contribution in [2.75, 3.05) is 10.7 Å². The summed E-state index contributed by atoms with van der Waals surface area (Å²) in [4.78, 5) is 18.4. The first-order valence-corrected chi connectivity index (χ1v) is 10.9. The number of thioether (sulfide) groups is 1. The van der Waals surface area contributed by atoms with Crippen LogP contribution in [0.15, 0.2) is 47.6 Å². The minimum Gasteiger partial charge on any atom is -0.447 e. The van der Waals surface area contributed by atoms with Gasteiger partial charge in [-0.1, -0.05) is 55.4 Å². The smallest absolute Gasteiger partial charge is 0.247 e. The summed E-state index contributed by atoms with van der Waals surface area (Å²) in [5.74, 6) is -1.59. The number of rotatable bonds is 5. The Hall–Kier alpha value is -3.07. The third-order valence-corrected chi connectivity index (χ3v) is 5.75. The largest absolute Gasteiger partial charge is 0.447 e. The number of unbranched alkanes of at least 4 members (excludes halogenated alkanes) is 1. The topological polar surface area (TPSA) is 68.2 Å². The van der Waals surface area contributed by atoms with Crippen LogP contribution in [0, 0.1) is 11.6 Å². The normalized spacial score (nSPS) is 15.0. The van der Waals surface area contributed by atoms with Gasteiger partial charge < -0.3 is 4.74 Å². The molecule has 0 saturated carbocycles. The van der Waals surface area contributed by atoms with Crippen molar-refractivity contribution in [3.8, 4) is 17.1 Å². The van der Waals surface area contributed by atoms with Crippen molar-refractivity contribution in [3.05, 3.63) is 59.7 Å². The van der Waals surface area contributed by atoms with Crippen molar-refractivity contribution in [2.45, 2.75) is 38.1 Å². The number of hydrogen-bond donors (Lipinski definition) is 0. The predicted molar refractivity (Wildman–Crippen MR) is 114 cm³/mol. The molecule has 160 valence electrons. The van der Waals surface area contributed by atoms with E-state index in [0.29, 0.717) is 22.1 Å². The molecule has 6 nitrogen and oxygen atoms in total. The first-order chi connectivity index (χ1) is 15.0. The molecular weight excluding hydrogens is 422 g/mol. The molecule has 0 bridgehead atoms. The van der Waals surface area contributed by atoms with E-state index in [1.165, 1.54) is 35.7 Å². The number of ether oxygens (including phenoxy) is 1. The Morgan fingerprint density at radius 2 is 1.97 bits per heavy atom. The molecule has 31 heavy (non-hydrogen) atoms. The van der Waals surface area contributed by atoms with Gasteiger partial charge >= 0.3 is 0 Å². The predicted octanol–water partition coefficient (Wildman–Crippen LogP) is 5.15. The third-order valence-electron chi connectivity index (χ3n) is 4.83. The molecule has 1 aromatic heterocycles. The summed E-state index contributed by atoms with van der Waals surface area (Å²) in [6.45, 7) is 3.43. The van der Waals surface area contributed by atoms with Crippen LogP contribution in [0.3, 0.4) is 0 Å². The van der Waals surface area contributed by atoms with E-state index in [9.17, 15) is 13.6 Å². The summed E-state index contributed by atoms with van der Waals surface area (Å²) in [5.41, 5.74) is 1.24. The average Bonchev–Trinajstić information content (AvgIpc) is 2.90. The van der Waals surface area contributed by atoms with E-state index in [0.717, 1.165) is 24.7 Å². The van der Waals surface area contributed by atoms with Gasteiger partial charge in [-0.3, -0.25) is 9.69 Å². The zero-order chi connectivity index (χ0) is 22.0. The van der Waals surface area contributed by atoms with Gasteiger partial charge in [0.15, 0.2) is 17.3 Å². The number of halogens is 2. The SMILES string of the molecule is CCCCSc1nnc2c(n1)O[C@@H](c1cccc(F)c1F)N(C(C)=O)c1ccccc1-2. The summed E-state index contributed by atoms with van der Waals surface area (Å²) in [5, 5.41) is 8.90. The van der Waals surface area contributed by atoms with Crippen LogP contribution in [0.4, 0.5) is 14.5 Å². The quantitative estimate of drug-likeness (QED) is 0.402. The number of nitrogens with zero attached hydrogens (tertiary/aromatic N) is 4. The van der Waals surface area contributed by atoms with Crippen LogP contribution in [0.25, 0.3) is 11.3 Å². The monoisotopic (exact) mass is 442 g/mol. The maximum atomic E-state index is 14.7. The van der Waals surface area contributed by atoms with Crippen molar-refractivity contribution in [1.82, 2.24) is 15.2 Å². The van der Waals surface area contributed by atoms with Crippen molar-refractivity contribution >= 4 is 23.4 Å². The van der Waals surface area contributed by atoms with Crippen LogP contribution in [0.5, 0.6) is 5.88 Å². The molecule has 1 atom stereocenters. The average molecular weight is 442 g/mol. The van der Waals surface area contributed by atoms with Gasteiger partial charge in [0.25, 0.3) is 0 Å². The van der Waals surface area contributed by atoms with E-state index in [1.54, 1.807) is 24.3 Å². The molecule has 4 rings (SSSR count). The highest BCUT2D eigenvalue weighted by molar-refractivity contribution is 7.99. The molecule has 1 amide bonds. The summed E-state index contributed by atoms with van der Waals surface area (Å²) >= 11 is 1.44. The highest BCUT2D eigenvalue weighted by Crippen LogP contribution is 2.43. The minimum absolute atomic E-state index is 0.110. The Bertz CT molecular complexity index is 1130. The maximum absolute atomic E-state index is 14.7. The zero-order valence-corrected chi connectivity index (χ0v) is 17.8. The fraction of sp³-hybridized carbons (Fsp3) is 0.273. The Labute approximate surface area is 182 Å². The van der Waals surface area contributed by atoms with E-state index in [2.05, 4.69) is 22.1 Å². The molecule has 1 aliphatic heterocycles. The summed E-state index contributed by atoms with van der Waals surface area (Å²) in [7, 11) is 0. The fourth-order valence-corrected chi connectivity index (χ4v) is 4.20. The first-order valence-electron chi connectivity index (χ1n) is 9.88. The van der Waals surface area contributed by atoms with Crippen molar-refractivity contribution in [2.24, 2.45) is 0 Å². The van der Waals surface area contributed by atoms with Crippen LogP contribution >= 0.6 is 11.8 Å². The molecular formula is C22H20F2N4O2S. The van der Waals surface area contributed by atoms with E-state index in [-0.39, 0.29) is 11.4 Å². The first kappa shape index (κ1) is 21.2. The molecule has 9 heteroatoms. The summed E-state index contributed by atoms with van der Waals surface area (Å²) < 4.78 is 34.8. The number of aromatic nitrogens is 3. The van der Waals surface area contributed by atoms with Crippen molar-refractivity contribution in [3.63, 3.8) is 0 Å². The molecule has 2 aromatic carbocycles. The van der Waals surface area contributed by atoms with Crippen LogP contribution in [-0.2, 0) is 4.79 Å². The Morgan fingerprint density at radius 3 is 2.74 bits per heavy atom. The van der Waals surface area contributed by atoms with E-state index in [1.807, 2.05) is 0 Å². The zero-order valence-electron chi connectivity index (χ0n) is 17.0. The second-order valence-electron chi connectivity index (χ2n) is 6.97. The second kappa shape index (κ2) is 8.97. The molecule has 0 N–H and O–H groups in total. The molecule has 0 saturated heterocycles. The lowest BCUT2D eigenvalue weighted by Crippen LogP contribution is -2.36. The van der Waals surface area contributed by atoms with Gasteiger partial charge in [0.1, 0.15) is 0 Å². The van der Waals surface area contributed by atoms with Gasteiger partial charge in [-0.15, -0.1) is 10.2 Å². The molecule has 0 fully saturated rings. The number of amides is 1. The number of carbonyl (C=O) groups is 1. The highest BCUT2D eigenvalue weighted by atomic mass is 32.2. The standard InChI is InChI=1S/C22H20F2N4O2S/c1-3-4-12-31-22-25-20-19(26-27-22)14-8-5-6-11-17(14)28(13(2)29)21(30-20)15-9-7-10-16(23)18(15)24/h5-11,21H,3-4,12H2,1-2H3/t21-/m0/s1. The third kappa shape index (κ3) is 4.10. The molecule has 3 aromatic rings. The number of hydrogen-bond acceptors (Lipinski definition) is 6. The molecule has 0 radical (unpaired) electrons. The number of carbonyl (C=O) groups excluding carboxylic acids is 1. The lowest BCUT2D eigenvalue weighted by Gasteiger charge is -2.30. The molecule has 2 heterocycles. The van der Waals surface area contributed by atoms with Gasteiger partial charge in [0.05, 0.1) is 11.3 Å². The van der Waals surface area contributed by atoms with Crippen LogP contribution in [0.1, 0.15) is 38.5 Å². The lowest BCUT2D eigenvalue weighted by molar-refractivity contribution is -0.118. The highest BCUT2D eigenvalue weighted by Gasteiger charge is 2.36. The van der Waals surface area contributed by atoms with Gasteiger partial charge in [0, 0.05) is 18.2 Å². The second-order valence-corrected chi connectivity index (χ2v) is 8.03.